The molecular formula is C13H15N3O3S. The van der Waals surface area contributed by atoms with E-state index < -0.39 is 5.97 Å². The first-order chi connectivity index (χ1) is 9.56. The maximum atomic E-state index is 11.9. The van der Waals surface area contributed by atoms with Crippen molar-refractivity contribution in [2.24, 2.45) is 0 Å². The minimum Gasteiger partial charge on any atom is -0.481 e. The van der Waals surface area contributed by atoms with Crippen LogP contribution in [0.2, 0.25) is 0 Å². The Labute approximate surface area is 119 Å². The molecule has 7 heteroatoms. The molecule has 1 aromatic carbocycles. The van der Waals surface area contributed by atoms with E-state index in [4.69, 9.17) is 10.8 Å². The number of hydrogen-bond donors (Lipinski definition) is 3. The van der Waals surface area contributed by atoms with Crippen molar-refractivity contribution in [1.82, 2.24) is 10.3 Å². The molecule has 4 N–H and O–H groups in total. The number of fused-ring (bicyclic) bond motifs is 1. The smallest absolute Gasteiger partial charge is 0.303 e. The molecule has 0 atom stereocenters. The van der Waals surface area contributed by atoms with Gasteiger partial charge in [-0.3, -0.25) is 9.59 Å². The third-order valence-corrected chi connectivity index (χ3v) is 3.62. The third kappa shape index (κ3) is 3.67. The van der Waals surface area contributed by atoms with Crippen molar-refractivity contribution in [3.05, 3.63) is 23.8 Å². The fourth-order valence-electron chi connectivity index (χ4n) is 1.79. The Morgan fingerprint density at radius 1 is 1.35 bits per heavy atom. The third-order valence-electron chi connectivity index (χ3n) is 2.77. The number of aliphatic carboxylic acids is 1. The van der Waals surface area contributed by atoms with Crippen LogP contribution in [0.4, 0.5) is 5.13 Å². The zero-order chi connectivity index (χ0) is 14.5. The quantitative estimate of drug-likeness (QED) is 0.705. The van der Waals surface area contributed by atoms with Crippen LogP contribution in [0.15, 0.2) is 18.2 Å². The number of nitrogens with one attached hydrogen (secondary N) is 1. The molecule has 1 heterocycles. The molecule has 106 valence electrons. The highest BCUT2D eigenvalue weighted by Crippen LogP contribution is 2.24. The molecule has 6 nitrogen and oxygen atoms in total. The Balaban J connectivity index is 1.89. The largest absolute Gasteiger partial charge is 0.481 e. The number of amides is 1. The fourth-order valence-corrected chi connectivity index (χ4v) is 2.56. The van der Waals surface area contributed by atoms with Crippen LogP contribution in [0, 0.1) is 0 Å². The van der Waals surface area contributed by atoms with E-state index in [-0.39, 0.29) is 12.3 Å². The first-order valence-electron chi connectivity index (χ1n) is 6.22. The van der Waals surface area contributed by atoms with E-state index in [1.807, 2.05) is 0 Å². The highest BCUT2D eigenvalue weighted by molar-refractivity contribution is 7.22. The predicted octanol–water partition coefficient (Wildman–Crippen LogP) is 1.86. The second-order valence-corrected chi connectivity index (χ2v) is 5.40. The lowest BCUT2D eigenvalue weighted by Crippen LogP contribution is -2.24. The Morgan fingerprint density at radius 2 is 2.15 bits per heavy atom. The van der Waals surface area contributed by atoms with Gasteiger partial charge in [0, 0.05) is 18.5 Å². The van der Waals surface area contributed by atoms with Gasteiger partial charge in [0.1, 0.15) is 0 Å². The molecule has 0 radical (unpaired) electrons. The standard InChI is InChI=1S/C13H15N3O3S/c14-13-16-9-5-4-8(7-10(9)20-13)12(19)15-6-2-1-3-11(17)18/h4-5,7H,1-3,6H2,(H2,14,16)(H,15,19)(H,17,18). The second-order valence-electron chi connectivity index (χ2n) is 4.34. The molecule has 0 unspecified atom stereocenters. The SMILES string of the molecule is Nc1nc2ccc(C(=O)NCCCCC(=O)O)cc2s1. The summed E-state index contributed by atoms with van der Waals surface area (Å²) in [5, 5.41) is 11.7. The molecule has 0 spiro atoms. The summed E-state index contributed by atoms with van der Waals surface area (Å²) >= 11 is 1.34. The topological polar surface area (TPSA) is 105 Å². The van der Waals surface area contributed by atoms with Gasteiger partial charge in [-0.1, -0.05) is 11.3 Å². The molecule has 0 bridgehead atoms. The Kier molecular flexibility index (Phi) is 4.52. The number of benzene rings is 1. The number of carboxylic acid groups (broad SMARTS) is 1. The van der Waals surface area contributed by atoms with Gasteiger partial charge in [-0.25, -0.2) is 4.98 Å². The van der Waals surface area contributed by atoms with Crippen LogP contribution in [0.5, 0.6) is 0 Å². The van der Waals surface area contributed by atoms with Crippen LogP contribution in [0.3, 0.4) is 0 Å². The predicted molar refractivity (Wildman–Crippen MR) is 77.9 cm³/mol. The number of nitrogen functional groups attached to an aromatic ring is 1. The number of unbranched alkanes of at least 4 members (excludes halogenated alkanes) is 1. The van der Waals surface area contributed by atoms with Crippen LogP contribution < -0.4 is 11.1 Å². The first-order valence-corrected chi connectivity index (χ1v) is 7.04. The number of anilines is 1. The summed E-state index contributed by atoms with van der Waals surface area (Å²) in [6.45, 7) is 0.467. The lowest BCUT2D eigenvalue weighted by molar-refractivity contribution is -0.137. The second kappa shape index (κ2) is 6.33. The van der Waals surface area contributed by atoms with Gasteiger partial charge in [-0.2, -0.15) is 0 Å². The van der Waals surface area contributed by atoms with E-state index in [1.54, 1.807) is 18.2 Å². The average molecular weight is 293 g/mol. The van der Waals surface area contributed by atoms with Gasteiger partial charge in [-0.05, 0) is 31.0 Å². The summed E-state index contributed by atoms with van der Waals surface area (Å²) in [6, 6.07) is 5.23. The van der Waals surface area contributed by atoms with Gasteiger partial charge in [0.15, 0.2) is 5.13 Å². The van der Waals surface area contributed by atoms with Crippen molar-refractivity contribution >= 4 is 38.6 Å². The fraction of sp³-hybridized carbons (Fsp3) is 0.308. The van der Waals surface area contributed by atoms with E-state index in [1.165, 1.54) is 11.3 Å². The van der Waals surface area contributed by atoms with Crippen molar-refractivity contribution in [2.75, 3.05) is 12.3 Å². The number of aromatic nitrogens is 1. The number of nitrogens with two attached hydrogens (primary N) is 1. The monoisotopic (exact) mass is 293 g/mol. The summed E-state index contributed by atoms with van der Waals surface area (Å²) in [6.07, 6.45) is 1.33. The number of thiazole rings is 1. The van der Waals surface area contributed by atoms with Gasteiger partial charge in [-0.15, -0.1) is 0 Å². The Bertz CT molecular complexity index is 639. The van der Waals surface area contributed by atoms with Crippen LogP contribution in [0.1, 0.15) is 29.6 Å². The number of carbonyl (C=O) groups excluding carboxylic acids is 1. The van der Waals surface area contributed by atoms with E-state index in [0.717, 1.165) is 10.2 Å². The molecule has 0 aliphatic heterocycles. The Hall–Kier alpha value is -2.15. The molecule has 2 aromatic rings. The minimum absolute atomic E-state index is 0.127. The minimum atomic E-state index is -0.815. The summed E-state index contributed by atoms with van der Waals surface area (Å²) < 4.78 is 0.876. The average Bonchev–Trinajstić information content (AvgIpc) is 2.76. The Morgan fingerprint density at radius 3 is 2.90 bits per heavy atom. The summed E-state index contributed by atoms with van der Waals surface area (Å²) in [4.78, 5) is 26.4. The van der Waals surface area contributed by atoms with Crippen LogP contribution >= 0.6 is 11.3 Å². The zero-order valence-electron chi connectivity index (χ0n) is 10.8. The van der Waals surface area contributed by atoms with Crippen molar-refractivity contribution in [3.8, 4) is 0 Å². The molecule has 0 aliphatic carbocycles. The number of carbonyl (C=O) groups is 2. The van der Waals surface area contributed by atoms with Crippen molar-refractivity contribution in [1.29, 1.82) is 0 Å². The first kappa shape index (κ1) is 14.3. The maximum absolute atomic E-state index is 11.9. The summed E-state index contributed by atoms with van der Waals surface area (Å²) in [5.74, 6) is -0.987. The zero-order valence-corrected chi connectivity index (χ0v) is 11.6. The molecule has 20 heavy (non-hydrogen) atoms. The molecule has 0 saturated carbocycles. The number of rotatable bonds is 6. The van der Waals surface area contributed by atoms with E-state index >= 15 is 0 Å². The number of nitrogens with zero attached hydrogens (tertiary/aromatic N) is 1. The molecule has 0 aliphatic rings. The molecule has 1 amide bonds. The van der Waals surface area contributed by atoms with Crippen LogP contribution in [-0.2, 0) is 4.79 Å². The highest BCUT2D eigenvalue weighted by atomic mass is 32.1. The molecule has 0 fully saturated rings. The number of carboxylic acids is 1. The van der Waals surface area contributed by atoms with Gasteiger partial charge < -0.3 is 16.2 Å². The molecule has 1 aromatic heterocycles. The van der Waals surface area contributed by atoms with Gasteiger partial charge >= 0.3 is 5.97 Å². The molecule has 2 rings (SSSR count). The van der Waals surface area contributed by atoms with Crippen molar-refractivity contribution in [2.45, 2.75) is 19.3 Å². The number of hydrogen-bond acceptors (Lipinski definition) is 5. The lowest BCUT2D eigenvalue weighted by Gasteiger charge is -2.04. The summed E-state index contributed by atoms with van der Waals surface area (Å²) in [5.41, 5.74) is 6.95. The lowest BCUT2D eigenvalue weighted by atomic mass is 10.2. The van der Waals surface area contributed by atoms with Gasteiger partial charge in [0.25, 0.3) is 5.91 Å². The van der Waals surface area contributed by atoms with Gasteiger partial charge in [0.05, 0.1) is 10.2 Å². The normalized spacial score (nSPS) is 10.6. The molecule has 0 saturated heterocycles. The summed E-state index contributed by atoms with van der Waals surface area (Å²) in [7, 11) is 0. The van der Waals surface area contributed by atoms with E-state index in [9.17, 15) is 9.59 Å². The van der Waals surface area contributed by atoms with E-state index in [0.29, 0.717) is 30.1 Å². The van der Waals surface area contributed by atoms with Crippen molar-refractivity contribution in [3.63, 3.8) is 0 Å². The van der Waals surface area contributed by atoms with E-state index in [2.05, 4.69) is 10.3 Å². The maximum Gasteiger partial charge on any atom is 0.303 e. The van der Waals surface area contributed by atoms with Gasteiger partial charge in [0.2, 0.25) is 0 Å². The van der Waals surface area contributed by atoms with Crippen LogP contribution in [-0.4, -0.2) is 28.5 Å². The highest BCUT2D eigenvalue weighted by Gasteiger charge is 2.08. The molecular weight excluding hydrogens is 278 g/mol. The van der Waals surface area contributed by atoms with Crippen LogP contribution in [0.25, 0.3) is 10.2 Å². The van der Waals surface area contributed by atoms with Crippen molar-refractivity contribution < 1.29 is 14.7 Å².